The fourth-order valence-corrected chi connectivity index (χ4v) is 2.99. The van der Waals surface area contributed by atoms with Crippen LogP contribution < -0.4 is 0 Å². The first-order valence-electron chi connectivity index (χ1n) is 5.52. The molecule has 0 unspecified atom stereocenters. The van der Waals surface area contributed by atoms with Crippen molar-refractivity contribution in [2.45, 2.75) is 17.7 Å². The highest BCUT2D eigenvalue weighted by molar-refractivity contribution is 7.89. The van der Waals surface area contributed by atoms with Crippen molar-refractivity contribution in [1.29, 1.82) is 0 Å². The van der Waals surface area contributed by atoms with Crippen LogP contribution in [0.5, 0.6) is 0 Å². The number of nitro groups is 1. The van der Waals surface area contributed by atoms with Gasteiger partial charge in [0, 0.05) is 18.7 Å². The maximum atomic E-state index is 13.4. The Balaban J connectivity index is 2.35. The topological polar surface area (TPSA) is 89.8 Å². The molecule has 7 nitrogen and oxygen atoms in total. The van der Waals surface area contributed by atoms with E-state index in [2.05, 4.69) is 0 Å². The molecule has 104 valence electrons. The lowest BCUT2D eigenvalue weighted by molar-refractivity contribution is -0.387. The molecule has 0 aromatic heterocycles. The number of halogens is 1. The first-order valence-corrected chi connectivity index (χ1v) is 6.96. The summed E-state index contributed by atoms with van der Waals surface area (Å²) in [5.74, 6) is -1.19. The van der Waals surface area contributed by atoms with Gasteiger partial charge in [0.15, 0.2) is 0 Å². The predicted octanol–water partition coefficient (Wildman–Crippen LogP) is 1.45. The maximum absolute atomic E-state index is 13.4. The molecule has 1 aromatic rings. The molecule has 0 radical (unpaired) electrons. The summed E-state index contributed by atoms with van der Waals surface area (Å²) in [4.78, 5) is 14.2. The van der Waals surface area contributed by atoms with Gasteiger partial charge in [-0.3, -0.25) is 15.0 Å². The van der Waals surface area contributed by atoms with Gasteiger partial charge in [-0.25, -0.2) is 8.42 Å². The number of hydrogen-bond acceptors (Lipinski definition) is 5. The molecule has 19 heavy (non-hydrogen) atoms. The van der Waals surface area contributed by atoms with Crippen molar-refractivity contribution in [1.82, 2.24) is 4.47 Å². The molecular weight excluding hydrogens is 279 g/mol. The average molecular weight is 290 g/mol. The molecule has 0 atom stereocenters. The zero-order valence-electron chi connectivity index (χ0n) is 9.78. The Labute approximate surface area is 108 Å². The monoisotopic (exact) mass is 290 g/mol. The Bertz CT molecular complexity index is 598. The van der Waals surface area contributed by atoms with Crippen LogP contribution in [0.15, 0.2) is 23.1 Å². The van der Waals surface area contributed by atoms with E-state index in [9.17, 15) is 22.9 Å². The molecule has 2 rings (SSSR count). The van der Waals surface area contributed by atoms with Crippen molar-refractivity contribution in [3.8, 4) is 0 Å². The van der Waals surface area contributed by atoms with Crippen molar-refractivity contribution in [2.24, 2.45) is 0 Å². The van der Waals surface area contributed by atoms with Crippen molar-refractivity contribution >= 4 is 15.7 Å². The van der Waals surface area contributed by atoms with Crippen LogP contribution in [0.25, 0.3) is 0 Å². The summed E-state index contributed by atoms with van der Waals surface area (Å²) in [6.07, 6.45) is 1.40. The highest BCUT2D eigenvalue weighted by atomic mass is 32.2. The van der Waals surface area contributed by atoms with E-state index in [1.54, 1.807) is 0 Å². The third-order valence-electron chi connectivity index (χ3n) is 2.65. The SMILES string of the molecule is O=[N+]([O-])c1ccc(S(=O)(=O)N2CCCCO2)cc1F. The molecule has 1 aromatic carbocycles. The predicted molar refractivity (Wildman–Crippen MR) is 62.1 cm³/mol. The van der Waals surface area contributed by atoms with Gasteiger partial charge in [0.05, 0.1) is 16.4 Å². The summed E-state index contributed by atoms with van der Waals surface area (Å²) in [7, 11) is -3.98. The number of hydroxylamine groups is 1. The molecule has 9 heteroatoms. The van der Waals surface area contributed by atoms with Crippen LogP contribution in [0.3, 0.4) is 0 Å². The van der Waals surface area contributed by atoms with E-state index in [0.717, 1.165) is 23.0 Å². The highest BCUT2D eigenvalue weighted by Gasteiger charge is 2.29. The van der Waals surface area contributed by atoms with E-state index >= 15 is 0 Å². The molecule has 0 N–H and O–H groups in total. The van der Waals surface area contributed by atoms with Gasteiger partial charge >= 0.3 is 5.69 Å². The van der Waals surface area contributed by atoms with E-state index in [1.807, 2.05) is 0 Å². The van der Waals surface area contributed by atoms with Crippen LogP contribution in [0.1, 0.15) is 12.8 Å². The standard InChI is InChI=1S/C10H11FN2O5S/c11-9-7-8(3-4-10(9)13(14)15)19(16,17)12-5-1-2-6-18-12/h3-4,7H,1-2,5-6H2. The average Bonchev–Trinajstić information content (AvgIpc) is 2.39. The fraction of sp³-hybridized carbons (Fsp3) is 0.400. The highest BCUT2D eigenvalue weighted by Crippen LogP contribution is 2.24. The minimum atomic E-state index is -3.98. The molecule has 1 aliphatic heterocycles. The summed E-state index contributed by atoms with van der Waals surface area (Å²) in [6.45, 7) is 0.454. The van der Waals surface area contributed by atoms with Crippen molar-refractivity contribution in [2.75, 3.05) is 13.2 Å². The third-order valence-corrected chi connectivity index (χ3v) is 4.33. The van der Waals surface area contributed by atoms with Crippen molar-refractivity contribution in [3.63, 3.8) is 0 Å². The fourth-order valence-electron chi connectivity index (χ4n) is 1.68. The second-order valence-corrected chi connectivity index (χ2v) is 5.77. The summed E-state index contributed by atoms with van der Waals surface area (Å²) in [5.41, 5.74) is -0.765. The lowest BCUT2D eigenvalue weighted by Gasteiger charge is -2.25. The van der Waals surface area contributed by atoms with E-state index in [0.29, 0.717) is 12.5 Å². The quantitative estimate of drug-likeness (QED) is 0.621. The first kappa shape index (κ1) is 13.8. The van der Waals surface area contributed by atoms with Gasteiger partial charge in [-0.2, -0.15) is 4.39 Å². The van der Waals surface area contributed by atoms with Gasteiger partial charge in [-0.05, 0) is 18.9 Å². The van der Waals surface area contributed by atoms with E-state index < -0.39 is 26.5 Å². The third kappa shape index (κ3) is 2.72. The van der Waals surface area contributed by atoms with Crippen LogP contribution in [0, 0.1) is 15.9 Å². The molecule has 1 saturated heterocycles. The largest absolute Gasteiger partial charge is 0.304 e. The minimum Gasteiger partial charge on any atom is -0.284 e. The lowest BCUT2D eigenvalue weighted by atomic mass is 10.3. The van der Waals surface area contributed by atoms with Gasteiger partial charge in [-0.15, -0.1) is 0 Å². The molecule has 0 bridgehead atoms. The second kappa shape index (κ2) is 5.19. The molecular formula is C10H11FN2O5S. The van der Waals surface area contributed by atoms with Crippen molar-refractivity contribution in [3.05, 3.63) is 34.1 Å². The number of nitrogens with zero attached hydrogens (tertiary/aromatic N) is 2. The van der Waals surface area contributed by atoms with Gasteiger partial charge in [0.2, 0.25) is 5.82 Å². The Hall–Kier alpha value is -1.58. The minimum absolute atomic E-state index is 0.181. The number of sulfonamides is 1. The Morgan fingerprint density at radius 2 is 2.11 bits per heavy atom. The van der Waals surface area contributed by atoms with E-state index in [-0.39, 0.29) is 18.0 Å². The lowest BCUT2D eigenvalue weighted by Crippen LogP contribution is -2.35. The second-order valence-electron chi connectivity index (χ2n) is 3.94. The number of nitro benzene ring substituents is 1. The first-order chi connectivity index (χ1) is 8.93. The van der Waals surface area contributed by atoms with Gasteiger partial charge in [-0.1, -0.05) is 4.47 Å². The van der Waals surface area contributed by atoms with Gasteiger partial charge in [0.25, 0.3) is 10.0 Å². The summed E-state index contributed by atoms with van der Waals surface area (Å²) >= 11 is 0. The smallest absolute Gasteiger partial charge is 0.284 e. The molecule has 0 spiro atoms. The number of hydrogen-bond donors (Lipinski definition) is 0. The van der Waals surface area contributed by atoms with Crippen molar-refractivity contribution < 1.29 is 22.6 Å². The molecule has 1 fully saturated rings. The van der Waals surface area contributed by atoms with Gasteiger partial charge < -0.3 is 0 Å². The Morgan fingerprint density at radius 1 is 1.37 bits per heavy atom. The van der Waals surface area contributed by atoms with Gasteiger partial charge in [0.1, 0.15) is 0 Å². The van der Waals surface area contributed by atoms with Crippen LogP contribution >= 0.6 is 0 Å². The summed E-state index contributed by atoms with van der Waals surface area (Å²) in [6, 6.07) is 2.45. The zero-order chi connectivity index (χ0) is 14.0. The molecule has 0 saturated carbocycles. The van der Waals surface area contributed by atoms with E-state index in [1.165, 1.54) is 0 Å². The van der Waals surface area contributed by atoms with Crippen LogP contribution in [0.4, 0.5) is 10.1 Å². The van der Waals surface area contributed by atoms with E-state index in [4.69, 9.17) is 4.84 Å². The van der Waals surface area contributed by atoms with Crippen LogP contribution in [-0.4, -0.2) is 31.0 Å². The number of rotatable bonds is 3. The Morgan fingerprint density at radius 3 is 2.63 bits per heavy atom. The number of benzene rings is 1. The van der Waals surface area contributed by atoms with Crippen LogP contribution in [-0.2, 0) is 14.9 Å². The molecule has 0 amide bonds. The summed E-state index contributed by atoms with van der Waals surface area (Å²) in [5, 5.41) is 10.5. The molecule has 0 aliphatic carbocycles. The molecule has 1 aliphatic rings. The zero-order valence-corrected chi connectivity index (χ0v) is 10.6. The summed E-state index contributed by atoms with van der Waals surface area (Å²) < 4.78 is 38.4. The molecule has 1 heterocycles. The normalized spacial score (nSPS) is 17.3. The maximum Gasteiger partial charge on any atom is 0.304 e. The Kier molecular flexibility index (Phi) is 3.78. The van der Waals surface area contributed by atoms with Crippen LogP contribution in [0.2, 0.25) is 0 Å².